The molecule has 168 valence electrons. The molecular formula is C25H31N5O2. The van der Waals surface area contributed by atoms with E-state index in [0.717, 1.165) is 29.1 Å². The van der Waals surface area contributed by atoms with Crippen LogP contribution in [0.2, 0.25) is 0 Å². The molecule has 0 fully saturated rings. The first kappa shape index (κ1) is 22.0. The Kier molecular flexibility index (Phi) is 6.02. The summed E-state index contributed by atoms with van der Waals surface area (Å²) < 4.78 is 7.69. The van der Waals surface area contributed by atoms with Gasteiger partial charge in [-0.1, -0.05) is 24.3 Å². The molecule has 0 aliphatic heterocycles. The Hall–Kier alpha value is -3.19. The summed E-state index contributed by atoms with van der Waals surface area (Å²) in [5, 5.41) is 3.58. The minimum atomic E-state index is -0.153. The van der Waals surface area contributed by atoms with Gasteiger partial charge < -0.3 is 15.0 Å². The van der Waals surface area contributed by atoms with Gasteiger partial charge in [-0.2, -0.15) is 0 Å². The van der Waals surface area contributed by atoms with Crippen molar-refractivity contribution in [1.29, 1.82) is 0 Å². The summed E-state index contributed by atoms with van der Waals surface area (Å²) in [7, 11) is 5.68. The van der Waals surface area contributed by atoms with Gasteiger partial charge >= 0.3 is 0 Å². The Morgan fingerprint density at radius 3 is 2.69 bits per heavy atom. The predicted octanol–water partition coefficient (Wildman–Crippen LogP) is 3.64. The van der Waals surface area contributed by atoms with E-state index in [-0.39, 0.29) is 17.7 Å². The lowest BCUT2D eigenvalue weighted by Crippen LogP contribution is -2.30. The number of fused-ring (bicyclic) bond motifs is 1. The molecule has 7 heteroatoms. The van der Waals surface area contributed by atoms with Gasteiger partial charge in [0.25, 0.3) is 5.56 Å². The van der Waals surface area contributed by atoms with E-state index in [1.165, 1.54) is 11.1 Å². The van der Waals surface area contributed by atoms with Crippen LogP contribution in [-0.4, -0.2) is 41.3 Å². The molecule has 0 saturated heterocycles. The molecule has 3 aromatic rings. The first-order chi connectivity index (χ1) is 15.3. The Balaban J connectivity index is 1.73. The molecule has 1 N–H and O–H groups in total. The third kappa shape index (κ3) is 3.88. The van der Waals surface area contributed by atoms with Crippen LogP contribution in [0.5, 0.6) is 0 Å². The molecular weight excluding hydrogens is 402 g/mol. The quantitative estimate of drug-likeness (QED) is 0.640. The zero-order chi connectivity index (χ0) is 23.0. The topological polar surface area (TPSA) is 72.3 Å². The molecule has 0 radical (unpaired) electrons. The zero-order valence-electron chi connectivity index (χ0n) is 19.6. The number of pyridine rings is 1. The lowest BCUT2D eigenvalue weighted by Gasteiger charge is -2.25. The normalized spacial score (nSPS) is 17.3. The summed E-state index contributed by atoms with van der Waals surface area (Å²) in [5.74, 6) is 1.56. The van der Waals surface area contributed by atoms with E-state index in [1.54, 1.807) is 17.8 Å². The number of hydrogen-bond donors (Lipinski definition) is 1. The van der Waals surface area contributed by atoms with Crippen molar-refractivity contribution in [2.24, 2.45) is 7.05 Å². The number of rotatable bonds is 6. The third-order valence-corrected chi connectivity index (χ3v) is 6.13. The molecule has 0 amide bonds. The summed E-state index contributed by atoms with van der Waals surface area (Å²) in [6, 6.07) is 10.3. The number of ether oxygens (including phenoxy) is 1. The fourth-order valence-electron chi connectivity index (χ4n) is 4.43. The second kappa shape index (κ2) is 8.74. The van der Waals surface area contributed by atoms with Crippen LogP contribution < -0.4 is 15.8 Å². The molecule has 1 aliphatic carbocycles. The lowest BCUT2D eigenvalue weighted by molar-refractivity contribution is 0.0572. The van der Waals surface area contributed by atoms with Crippen molar-refractivity contribution in [3.8, 4) is 11.3 Å². The van der Waals surface area contributed by atoms with Gasteiger partial charge in [0, 0.05) is 45.9 Å². The van der Waals surface area contributed by atoms with Crippen molar-refractivity contribution in [2.75, 3.05) is 30.9 Å². The molecule has 32 heavy (non-hydrogen) atoms. The average Bonchev–Trinajstić information content (AvgIpc) is 3.11. The maximum atomic E-state index is 13.3. The van der Waals surface area contributed by atoms with Gasteiger partial charge in [-0.15, -0.1) is 0 Å². The second-order valence-electron chi connectivity index (χ2n) is 8.53. The average molecular weight is 434 g/mol. The van der Waals surface area contributed by atoms with E-state index in [9.17, 15) is 4.79 Å². The van der Waals surface area contributed by atoms with Crippen molar-refractivity contribution in [3.63, 3.8) is 0 Å². The van der Waals surface area contributed by atoms with Gasteiger partial charge in [0.1, 0.15) is 17.3 Å². The molecule has 4 rings (SSSR count). The number of hydrogen-bond acceptors (Lipinski definition) is 6. The fraction of sp³-hybridized carbons (Fsp3) is 0.400. The van der Waals surface area contributed by atoms with E-state index >= 15 is 0 Å². The first-order valence-electron chi connectivity index (χ1n) is 11.0. The minimum Gasteiger partial charge on any atom is -0.376 e. The number of aromatic nitrogens is 3. The molecule has 1 unspecified atom stereocenters. The third-order valence-electron chi connectivity index (χ3n) is 6.13. The Bertz CT molecular complexity index is 1200. The molecule has 0 bridgehead atoms. The smallest absolute Gasteiger partial charge is 0.278 e. The summed E-state index contributed by atoms with van der Waals surface area (Å²) in [4.78, 5) is 24.5. The van der Waals surface area contributed by atoms with Crippen LogP contribution in [0, 0.1) is 13.8 Å². The van der Waals surface area contributed by atoms with E-state index in [0.29, 0.717) is 18.1 Å². The number of nitrogens with zero attached hydrogens (tertiary/aromatic N) is 4. The Morgan fingerprint density at radius 2 is 2.00 bits per heavy atom. The number of aryl methyl sites for hydroxylation is 2. The van der Waals surface area contributed by atoms with E-state index in [4.69, 9.17) is 9.72 Å². The molecule has 1 aliphatic rings. The standard InChI is InChI=1S/C25H31N5O2/c1-7-32-20-13-17-10-8-9-11-18(17)22(20)28-24-16(3)27-23(25(31)30(24)6)19-14-26-21(29(4)5)12-15(19)2/h8-12,14,20,22,28H,7,13H2,1-6H3/t20-,22?/m0/s1. The largest absolute Gasteiger partial charge is 0.376 e. The minimum absolute atomic E-state index is 0.0107. The van der Waals surface area contributed by atoms with Crippen LogP contribution in [0.1, 0.15) is 35.3 Å². The highest BCUT2D eigenvalue weighted by atomic mass is 16.5. The van der Waals surface area contributed by atoms with Crippen LogP contribution in [0.3, 0.4) is 0 Å². The number of benzene rings is 1. The van der Waals surface area contributed by atoms with E-state index < -0.39 is 0 Å². The van der Waals surface area contributed by atoms with Crippen molar-refractivity contribution in [1.82, 2.24) is 14.5 Å². The molecule has 0 saturated carbocycles. The first-order valence-corrected chi connectivity index (χ1v) is 11.0. The maximum Gasteiger partial charge on any atom is 0.278 e. The summed E-state index contributed by atoms with van der Waals surface area (Å²) in [6.07, 6.45) is 2.60. The summed E-state index contributed by atoms with van der Waals surface area (Å²) >= 11 is 0. The van der Waals surface area contributed by atoms with Crippen LogP contribution in [-0.2, 0) is 18.2 Å². The van der Waals surface area contributed by atoms with Crippen LogP contribution >= 0.6 is 0 Å². The molecule has 2 atom stereocenters. The fourth-order valence-corrected chi connectivity index (χ4v) is 4.43. The van der Waals surface area contributed by atoms with Crippen molar-refractivity contribution >= 4 is 11.6 Å². The van der Waals surface area contributed by atoms with Gasteiger partial charge in [-0.3, -0.25) is 9.36 Å². The van der Waals surface area contributed by atoms with Crippen LogP contribution in [0.15, 0.2) is 41.3 Å². The highest BCUT2D eigenvalue weighted by Gasteiger charge is 2.33. The van der Waals surface area contributed by atoms with E-state index in [2.05, 4.69) is 28.5 Å². The maximum absolute atomic E-state index is 13.3. The SMILES string of the molecule is CCO[C@H]1Cc2ccccc2C1Nc1c(C)nc(-c2cnc(N(C)C)cc2C)c(=O)n1C. The van der Waals surface area contributed by atoms with Gasteiger partial charge in [-0.05, 0) is 43.5 Å². The highest BCUT2D eigenvalue weighted by molar-refractivity contribution is 5.65. The monoisotopic (exact) mass is 433 g/mol. The summed E-state index contributed by atoms with van der Waals surface area (Å²) in [5.41, 5.74) is 5.23. The van der Waals surface area contributed by atoms with Crippen molar-refractivity contribution in [3.05, 3.63) is 69.3 Å². The van der Waals surface area contributed by atoms with Crippen LogP contribution in [0.4, 0.5) is 11.6 Å². The highest BCUT2D eigenvalue weighted by Crippen LogP contribution is 2.36. The molecule has 2 heterocycles. The zero-order valence-corrected chi connectivity index (χ0v) is 19.6. The Labute approximate surface area is 189 Å². The number of nitrogens with one attached hydrogen (secondary N) is 1. The number of anilines is 2. The molecule has 1 aromatic carbocycles. The molecule has 2 aromatic heterocycles. The Morgan fingerprint density at radius 1 is 1.25 bits per heavy atom. The van der Waals surface area contributed by atoms with Gasteiger partial charge in [0.05, 0.1) is 17.8 Å². The molecule has 0 spiro atoms. The summed E-state index contributed by atoms with van der Waals surface area (Å²) in [6.45, 7) is 6.56. The van der Waals surface area contributed by atoms with Gasteiger partial charge in [-0.25, -0.2) is 9.97 Å². The van der Waals surface area contributed by atoms with Crippen molar-refractivity contribution in [2.45, 2.75) is 39.3 Å². The van der Waals surface area contributed by atoms with Gasteiger partial charge in [0.2, 0.25) is 0 Å². The van der Waals surface area contributed by atoms with Gasteiger partial charge in [0.15, 0.2) is 0 Å². The van der Waals surface area contributed by atoms with Crippen molar-refractivity contribution < 1.29 is 4.74 Å². The van der Waals surface area contributed by atoms with Crippen LogP contribution in [0.25, 0.3) is 11.3 Å². The van der Waals surface area contributed by atoms with E-state index in [1.807, 2.05) is 51.9 Å². The lowest BCUT2D eigenvalue weighted by atomic mass is 10.1. The second-order valence-corrected chi connectivity index (χ2v) is 8.53. The predicted molar refractivity (Wildman–Crippen MR) is 128 cm³/mol. The molecule has 7 nitrogen and oxygen atoms in total.